The summed E-state index contributed by atoms with van der Waals surface area (Å²) in [4.78, 5) is 21.2. The summed E-state index contributed by atoms with van der Waals surface area (Å²) < 4.78 is 5.66. The van der Waals surface area contributed by atoms with E-state index in [4.69, 9.17) is 4.74 Å². The molecule has 27 heavy (non-hydrogen) atoms. The zero-order valence-electron chi connectivity index (χ0n) is 17.1. The number of piperidine rings is 1. The highest BCUT2D eigenvalue weighted by atomic mass is 16.5. The van der Waals surface area contributed by atoms with Crippen LogP contribution < -0.4 is 10.6 Å². The van der Waals surface area contributed by atoms with Gasteiger partial charge in [0, 0.05) is 58.9 Å². The average Bonchev–Trinajstić information content (AvgIpc) is 3.26. The molecule has 0 aromatic rings. The third-order valence-corrected chi connectivity index (χ3v) is 6.65. The summed E-state index contributed by atoms with van der Waals surface area (Å²) in [7, 11) is 3.60. The number of hydrogen-bond acceptors (Lipinski definition) is 4. The fourth-order valence-corrected chi connectivity index (χ4v) is 4.84. The number of carbonyl (C=O) groups is 1. The predicted molar refractivity (Wildman–Crippen MR) is 108 cm³/mol. The van der Waals surface area contributed by atoms with Gasteiger partial charge in [0.2, 0.25) is 5.91 Å². The SMILES string of the molecule is CN=C(NCC1(N2CCCC2)CCOCC1)N1CCC(CC(=O)NC)CC1. The number of likely N-dealkylation sites (tertiary alicyclic amines) is 2. The van der Waals surface area contributed by atoms with E-state index in [0.29, 0.717) is 12.3 Å². The summed E-state index contributed by atoms with van der Waals surface area (Å²) in [6.45, 7) is 7.04. The van der Waals surface area contributed by atoms with Crippen LogP contribution in [-0.2, 0) is 9.53 Å². The van der Waals surface area contributed by atoms with Gasteiger partial charge in [0.25, 0.3) is 0 Å². The van der Waals surface area contributed by atoms with Gasteiger partial charge in [-0.25, -0.2) is 0 Å². The second-order valence-electron chi connectivity index (χ2n) is 8.24. The number of guanidine groups is 1. The van der Waals surface area contributed by atoms with Gasteiger partial charge in [-0.1, -0.05) is 0 Å². The number of rotatable bonds is 5. The Bertz CT molecular complexity index is 505. The van der Waals surface area contributed by atoms with Gasteiger partial charge in [-0.2, -0.15) is 0 Å². The molecule has 0 spiro atoms. The molecule has 7 heteroatoms. The van der Waals surface area contributed by atoms with Crippen LogP contribution in [0, 0.1) is 5.92 Å². The van der Waals surface area contributed by atoms with Crippen LogP contribution in [0.4, 0.5) is 0 Å². The van der Waals surface area contributed by atoms with Gasteiger partial charge in [-0.15, -0.1) is 0 Å². The summed E-state index contributed by atoms with van der Waals surface area (Å²) >= 11 is 0. The minimum absolute atomic E-state index is 0.156. The Labute approximate surface area is 163 Å². The van der Waals surface area contributed by atoms with Crippen LogP contribution in [0.3, 0.4) is 0 Å². The van der Waals surface area contributed by atoms with Crippen LogP contribution in [0.5, 0.6) is 0 Å². The zero-order chi connectivity index (χ0) is 19.1. The fourth-order valence-electron chi connectivity index (χ4n) is 4.84. The van der Waals surface area contributed by atoms with Gasteiger partial charge < -0.3 is 20.3 Å². The van der Waals surface area contributed by atoms with Crippen molar-refractivity contribution in [2.45, 2.75) is 50.5 Å². The van der Waals surface area contributed by atoms with Crippen molar-refractivity contribution in [2.75, 3.05) is 60.0 Å². The van der Waals surface area contributed by atoms with E-state index in [1.54, 1.807) is 7.05 Å². The third-order valence-electron chi connectivity index (χ3n) is 6.65. The Kier molecular flexibility index (Phi) is 7.35. The molecule has 0 bridgehead atoms. The molecule has 7 nitrogen and oxygen atoms in total. The van der Waals surface area contributed by atoms with E-state index in [1.165, 1.54) is 25.9 Å². The number of nitrogens with one attached hydrogen (secondary N) is 2. The lowest BCUT2D eigenvalue weighted by molar-refractivity contribution is -0.121. The maximum atomic E-state index is 11.6. The van der Waals surface area contributed by atoms with Gasteiger partial charge in [0.05, 0.1) is 0 Å². The number of hydrogen-bond donors (Lipinski definition) is 2. The fraction of sp³-hybridized carbons (Fsp3) is 0.900. The average molecular weight is 380 g/mol. The molecular formula is C20H37N5O2. The highest BCUT2D eigenvalue weighted by Gasteiger charge is 2.40. The predicted octanol–water partition coefficient (Wildman–Crippen LogP) is 1.05. The molecule has 3 heterocycles. The second kappa shape index (κ2) is 9.73. The van der Waals surface area contributed by atoms with E-state index in [-0.39, 0.29) is 11.4 Å². The highest BCUT2D eigenvalue weighted by molar-refractivity contribution is 5.80. The summed E-state index contributed by atoms with van der Waals surface area (Å²) in [6, 6.07) is 0. The first-order valence-corrected chi connectivity index (χ1v) is 10.7. The Hall–Kier alpha value is -1.34. The van der Waals surface area contributed by atoms with E-state index >= 15 is 0 Å². The van der Waals surface area contributed by atoms with E-state index < -0.39 is 0 Å². The Morgan fingerprint density at radius 1 is 1.15 bits per heavy atom. The molecule has 3 aliphatic heterocycles. The van der Waals surface area contributed by atoms with Crippen LogP contribution in [0.2, 0.25) is 0 Å². The van der Waals surface area contributed by atoms with Crippen molar-refractivity contribution in [1.82, 2.24) is 20.4 Å². The molecular weight excluding hydrogens is 342 g/mol. The minimum Gasteiger partial charge on any atom is -0.381 e. The van der Waals surface area contributed by atoms with Crippen LogP contribution in [-0.4, -0.2) is 87.2 Å². The van der Waals surface area contributed by atoms with Crippen molar-refractivity contribution < 1.29 is 9.53 Å². The normalized spacial score (nSPS) is 24.8. The summed E-state index contributed by atoms with van der Waals surface area (Å²) in [5, 5.41) is 6.43. The number of nitrogens with zero attached hydrogens (tertiary/aromatic N) is 3. The first-order valence-electron chi connectivity index (χ1n) is 10.7. The lowest BCUT2D eigenvalue weighted by Gasteiger charge is -2.45. The number of carbonyl (C=O) groups excluding carboxylic acids is 1. The van der Waals surface area contributed by atoms with Crippen molar-refractivity contribution in [1.29, 1.82) is 0 Å². The standard InChI is InChI=1S/C20H37N5O2/c1-21-18(26)15-17-5-11-24(12-6-17)19(22-2)23-16-20(7-13-27-14-8-20)25-9-3-4-10-25/h17H,3-16H2,1-2H3,(H,21,26)(H,22,23). The molecule has 0 aliphatic carbocycles. The van der Waals surface area contributed by atoms with Crippen molar-refractivity contribution in [3.8, 4) is 0 Å². The van der Waals surface area contributed by atoms with Gasteiger partial charge in [-0.05, 0) is 57.5 Å². The maximum Gasteiger partial charge on any atom is 0.220 e. The Morgan fingerprint density at radius 2 is 1.81 bits per heavy atom. The summed E-state index contributed by atoms with van der Waals surface area (Å²) in [5.74, 6) is 1.66. The zero-order valence-corrected chi connectivity index (χ0v) is 17.1. The Balaban J connectivity index is 1.53. The minimum atomic E-state index is 0.156. The first-order chi connectivity index (χ1) is 13.2. The molecule has 0 atom stereocenters. The first kappa shape index (κ1) is 20.4. The van der Waals surface area contributed by atoms with Gasteiger partial charge >= 0.3 is 0 Å². The smallest absolute Gasteiger partial charge is 0.220 e. The molecule has 0 saturated carbocycles. The molecule has 0 radical (unpaired) electrons. The van der Waals surface area contributed by atoms with Gasteiger partial charge in [-0.3, -0.25) is 14.7 Å². The van der Waals surface area contributed by atoms with Crippen molar-refractivity contribution >= 4 is 11.9 Å². The summed E-state index contributed by atoms with van der Waals surface area (Å²) in [6.07, 6.45) is 7.59. The maximum absolute atomic E-state index is 11.6. The van der Waals surface area contributed by atoms with E-state index in [2.05, 4.69) is 25.4 Å². The van der Waals surface area contributed by atoms with Crippen LogP contribution in [0.15, 0.2) is 4.99 Å². The van der Waals surface area contributed by atoms with E-state index in [1.807, 2.05) is 7.05 Å². The van der Waals surface area contributed by atoms with Crippen molar-refractivity contribution in [2.24, 2.45) is 10.9 Å². The lowest BCUT2D eigenvalue weighted by Crippen LogP contribution is -2.59. The molecule has 0 aromatic carbocycles. The Morgan fingerprint density at radius 3 is 2.41 bits per heavy atom. The molecule has 3 saturated heterocycles. The molecule has 3 fully saturated rings. The van der Waals surface area contributed by atoms with Crippen molar-refractivity contribution in [3.63, 3.8) is 0 Å². The monoisotopic (exact) mass is 379 g/mol. The topological polar surface area (TPSA) is 69.2 Å². The molecule has 3 rings (SSSR count). The largest absolute Gasteiger partial charge is 0.381 e. The van der Waals surface area contributed by atoms with E-state index in [9.17, 15) is 4.79 Å². The molecule has 0 unspecified atom stereocenters. The third kappa shape index (κ3) is 5.13. The highest BCUT2D eigenvalue weighted by Crippen LogP contribution is 2.31. The molecule has 2 N–H and O–H groups in total. The van der Waals surface area contributed by atoms with Crippen LogP contribution >= 0.6 is 0 Å². The molecule has 0 aromatic heterocycles. The molecule has 3 aliphatic rings. The van der Waals surface area contributed by atoms with Crippen molar-refractivity contribution in [3.05, 3.63) is 0 Å². The molecule has 1 amide bonds. The number of ether oxygens (including phenoxy) is 1. The summed E-state index contributed by atoms with van der Waals surface area (Å²) in [5.41, 5.74) is 0.211. The van der Waals surface area contributed by atoms with Gasteiger partial charge in [0.1, 0.15) is 0 Å². The number of aliphatic imine (C=N–C) groups is 1. The molecule has 154 valence electrons. The van der Waals surface area contributed by atoms with E-state index in [0.717, 1.165) is 64.5 Å². The van der Waals surface area contributed by atoms with Gasteiger partial charge in [0.15, 0.2) is 5.96 Å². The quantitative estimate of drug-likeness (QED) is 0.552. The van der Waals surface area contributed by atoms with Crippen LogP contribution in [0.1, 0.15) is 44.9 Å². The second-order valence-corrected chi connectivity index (χ2v) is 8.24. The van der Waals surface area contributed by atoms with Crippen LogP contribution in [0.25, 0.3) is 0 Å². The lowest BCUT2D eigenvalue weighted by atomic mass is 9.88. The number of amides is 1.